The fourth-order valence-corrected chi connectivity index (χ4v) is 4.10. The Kier molecular flexibility index (Phi) is 17.7. The molecule has 1 aliphatic rings. The highest BCUT2D eigenvalue weighted by molar-refractivity contribution is 4.87. The van der Waals surface area contributed by atoms with Crippen LogP contribution in [0.5, 0.6) is 0 Å². The van der Waals surface area contributed by atoms with Crippen molar-refractivity contribution in [2.75, 3.05) is 19.8 Å². The normalized spacial score (nSPS) is 24.7. The molecule has 1 aliphatic heterocycles. The molecule has 3 N–H and O–H groups in total. The molecule has 0 aromatic carbocycles. The number of allylic oxidation sites excluding steroid dienone is 2. The summed E-state index contributed by atoms with van der Waals surface area (Å²) in [6, 6.07) is 0. The second-order valence-corrected chi connectivity index (χ2v) is 8.76. The first-order chi connectivity index (χ1) is 14.7. The third-order valence-corrected chi connectivity index (χ3v) is 6.07. The maximum Gasteiger partial charge on any atom is 0.114 e. The molecule has 5 heteroatoms. The van der Waals surface area contributed by atoms with Crippen LogP contribution in [-0.2, 0) is 9.47 Å². The van der Waals surface area contributed by atoms with Gasteiger partial charge in [-0.15, -0.1) is 0 Å². The lowest BCUT2D eigenvalue weighted by Crippen LogP contribution is -2.55. The Hall–Kier alpha value is -0.460. The van der Waals surface area contributed by atoms with Crippen LogP contribution >= 0.6 is 0 Å². The van der Waals surface area contributed by atoms with Gasteiger partial charge in [0.25, 0.3) is 0 Å². The SMILES string of the molecule is C/C=C/CCCCCCCCCCCCCCCCO[C@H]1[C@H](O)[C@@H](CO)OC[C@@H]1O. The fraction of sp³-hybridized carbons (Fsp3) is 0.920. The van der Waals surface area contributed by atoms with Gasteiger partial charge in [-0.1, -0.05) is 89.2 Å². The first-order valence-corrected chi connectivity index (χ1v) is 12.5. The fourth-order valence-electron chi connectivity index (χ4n) is 4.10. The van der Waals surface area contributed by atoms with Gasteiger partial charge in [-0.25, -0.2) is 0 Å². The largest absolute Gasteiger partial charge is 0.394 e. The van der Waals surface area contributed by atoms with E-state index in [0.29, 0.717) is 6.61 Å². The van der Waals surface area contributed by atoms with Gasteiger partial charge in [0.05, 0.1) is 13.2 Å². The van der Waals surface area contributed by atoms with Gasteiger partial charge in [0.1, 0.15) is 24.4 Å². The molecular weight excluding hydrogens is 380 g/mol. The molecule has 0 aliphatic carbocycles. The van der Waals surface area contributed by atoms with Crippen LogP contribution in [0.15, 0.2) is 12.2 Å². The predicted octanol–water partition coefficient (Wildman–Crippen LogP) is 4.91. The van der Waals surface area contributed by atoms with Gasteiger partial charge < -0.3 is 24.8 Å². The summed E-state index contributed by atoms with van der Waals surface area (Å²) in [5.41, 5.74) is 0. The van der Waals surface area contributed by atoms with Crippen molar-refractivity contribution in [3.8, 4) is 0 Å². The highest BCUT2D eigenvalue weighted by atomic mass is 16.6. The standard InChI is InChI=1S/C25H48O5/c1-2-3-4-5-6-7-8-9-10-11-12-13-14-15-16-17-18-19-29-25-22(27)21-30-23(20-26)24(25)28/h2-3,22-28H,4-21H2,1H3/b3-2+/t22-,23+,24+,25+/m0/s1. The minimum absolute atomic E-state index is 0.101. The minimum Gasteiger partial charge on any atom is -0.394 e. The molecule has 0 unspecified atom stereocenters. The molecule has 1 heterocycles. The molecule has 1 rings (SSSR count). The maximum absolute atomic E-state index is 10.1. The lowest BCUT2D eigenvalue weighted by Gasteiger charge is -2.37. The number of hydrogen-bond acceptors (Lipinski definition) is 5. The summed E-state index contributed by atoms with van der Waals surface area (Å²) in [4.78, 5) is 0. The predicted molar refractivity (Wildman–Crippen MR) is 123 cm³/mol. The lowest BCUT2D eigenvalue weighted by atomic mass is 10.0. The minimum atomic E-state index is -0.970. The van der Waals surface area contributed by atoms with Gasteiger partial charge in [0, 0.05) is 6.61 Å². The van der Waals surface area contributed by atoms with Gasteiger partial charge in [-0.05, 0) is 26.2 Å². The van der Waals surface area contributed by atoms with E-state index in [2.05, 4.69) is 19.1 Å². The molecule has 1 saturated heterocycles. The van der Waals surface area contributed by atoms with E-state index in [9.17, 15) is 10.2 Å². The highest BCUT2D eigenvalue weighted by Gasteiger charge is 2.38. The molecule has 178 valence electrons. The molecule has 4 atom stereocenters. The zero-order valence-corrected chi connectivity index (χ0v) is 19.4. The van der Waals surface area contributed by atoms with E-state index >= 15 is 0 Å². The summed E-state index contributed by atoms with van der Waals surface area (Å²) in [5, 5.41) is 29.1. The highest BCUT2D eigenvalue weighted by Crippen LogP contribution is 2.19. The van der Waals surface area contributed by atoms with Gasteiger partial charge >= 0.3 is 0 Å². The van der Waals surface area contributed by atoms with Crippen LogP contribution in [0.25, 0.3) is 0 Å². The molecule has 1 fully saturated rings. The Morgan fingerprint density at radius 1 is 0.800 bits per heavy atom. The second-order valence-electron chi connectivity index (χ2n) is 8.76. The van der Waals surface area contributed by atoms with Crippen LogP contribution in [0.2, 0.25) is 0 Å². The second kappa shape index (κ2) is 19.2. The molecular formula is C25H48O5. The van der Waals surface area contributed by atoms with Crippen molar-refractivity contribution in [2.45, 2.75) is 128 Å². The first-order valence-electron chi connectivity index (χ1n) is 12.5. The van der Waals surface area contributed by atoms with Crippen molar-refractivity contribution < 1.29 is 24.8 Å². The van der Waals surface area contributed by atoms with Crippen LogP contribution in [0.4, 0.5) is 0 Å². The van der Waals surface area contributed by atoms with E-state index in [1.807, 2.05) is 0 Å². The average Bonchev–Trinajstić information content (AvgIpc) is 2.75. The van der Waals surface area contributed by atoms with Gasteiger partial charge in [0.15, 0.2) is 0 Å². The summed E-state index contributed by atoms with van der Waals surface area (Å²) in [6.07, 6.45) is 20.9. The van der Waals surface area contributed by atoms with Crippen LogP contribution in [0.3, 0.4) is 0 Å². The molecule has 30 heavy (non-hydrogen) atoms. The van der Waals surface area contributed by atoms with E-state index in [-0.39, 0.29) is 13.2 Å². The van der Waals surface area contributed by atoms with E-state index in [1.165, 1.54) is 83.5 Å². The Morgan fingerprint density at radius 3 is 1.80 bits per heavy atom. The third kappa shape index (κ3) is 13.1. The molecule has 5 nitrogen and oxygen atoms in total. The molecule has 0 aromatic rings. The molecule has 0 saturated carbocycles. The Labute approximate surface area is 184 Å². The van der Waals surface area contributed by atoms with Crippen LogP contribution < -0.4 is 0 Å². The molecule has 0 aromatic heterocycles. The summed E-state index contributed by atoms with van der Waals surface area (Å²) in [6.45, 7) is 2.47. The molecule has 0 amide bonds. The number of unbranched alkanes of at least 4 members (excludes halogenated alkanes) is 14. The number of ether oxygens (including phenoxy) is 2. The van der Waals surface area contributed by atoms with Crippen molar-refractivity contribution in [1.82, 2.24) is 0 Å². The topological polar surface area (TPSA) is 79.2 Å². The molecule has 0 radical (unpaired) electrons. The maximum atomic E-state index is 10.1. The number of aliphatic hydroxyl groups is 3. The smallest absolute Gasteiger partial charge is 0.114 e. The van der Waals surface area contributed by atoms with E-state index in [4.69, 9.17) is 14.6 Å². The van der Waals surface area contributed by atoms with E-state index in [1.54, 1.807) is 0 Å². The van der Waals surface area contributed by atoms with Crippen LogP contribution in [0, 0.1) is 0 Å². The van der Waals surface area contributed by atoms with E-state index < -0.39 is 24.4 Å². The molecule has 0 bridgehead atoms. The first kappa shape index (κ1) is 27.6. The Bertz CT molecular complexity index is 401. The molecule has 0 spiro atoms. The van der Waals surface area contributed by atoms with Crippen molar-refractivity contribution in [2.24, 2.45) is 0 Å². The third-order valence-electron chi connectivity index (χ3n) is 6.07. The van der Waals surface area contributed by atoms with Crippen molar-refractivity contribution in [1.29, 1.82) is 0 Å². The van der Waals surface area contributed by atoms with Crippen molar-refractivity contribution >= 4 is 0 Å². The summed E-state index contributed by atoms with van der Waals surface area (Å²) in [5.74, 6) is 0. The quantitative estimate of drug-likeness (QED) is 0.201. The summed E-state index contributed by atoms with van der Waals surface area (Å²) in [7, 11) is 0. The number of aliphatic hydroxyl groups excluding tert-OH is 3. The Morgan fingerprint density at radius 2 is 1.30 bits per heavy atom. The van der Waals surface area contributed by atoms with Crippen LogP contribution in [-0.4, -0.2) is 59.6 Å². The van der Waals surface area contributed by atoms with Crippen molar-refractivity contribution in [3.63, 3.8) is 0 Å². The number of rotatable bonds is 19. The van der Waals surface area contributed by atoms with Crippen LogP contribution in [0.1, 0.15) is 103 Å². The number of hydrogen-bond donors (Lipinski definition) is 3. The van der Waals surface area contributed by atoms with Gasteiger partial charge in [0.2, 0.25) is 0 Å². The lowest BCUT2D eigenvalue weighted by molar-refractivity contribution is -0.210. The zero-order chi connectivity index (χ0) is 21.9. The van der Waals surface area contributed by atoms with Gasteiger partial charge in [-0.2, -0.15) is 0 Å². The Balaban J connectivity index is 1.81. The summed E-state index contributed by atoms with van der Waals surface area (Å²) < 4.78 is 10.9. The van der Waals surface area contributed by atoms with Crippen molar-refractivity contribution in [3.05, 3.63) is 12.2 Å². The van der Waals surface area contributed by atoms with Gasteiger partial charge in [-0.3, -0.25) is 0 Å². The average molecular weight is 429 g/mol. The zero-order valence-electron chi connectivity index (χ0n) is 19.4. The van der Waals surface area contributed by atoms with E-state index in [0.717, 1.165) is 12.8 Å². The monoisotopic (exact) mass is 428 g/mol. The summed E-state index contributed by atoms with van der Waals surface area (Å²) >= 11 is 0.